The Morgan fingerprint density at radius 1 is 1.25 bits per heavy atom. The average Bonchev–Trinajstić information content (AvgIpc) is 2.43. The smallest absolute Gasteiger partial charge is 0.247 e. The normalized spacial score (nSPS) is 17.4. The van der Waals surface area contributed by atoms with Crippen molar-refractivity contribution in [2.45, 2.75) is 39.8 Å². The van der Waals surface area contributed by atoms with Gasteiger partial charge in [-0.1, -0.05) is 26.0 Å². The molecule has 0 aromatic heterocycles. The summed E-state index contributed by atoms with van der Waals surface area (Å²) in [5.74, 6) is 0.654. The number of carbonyl (C=O) groups is 1. The van der Waals surface area contributed by atoms with E-state index in [1.54, 1.807) is 0 Å². The van der Waals surface area contributed by atoms with E-state index in [9.17, 15) is 4.79 Å². The molecule has 4 heteroatoms. The molecule has 1 heterocycles. The van der Waals surface area contributed by atoms with E-state index in [1.807, 2.05) is 29.2 Å². The van der Waals surface area contributed by atoms with Crippen LogP contribution in [0.4, 0.5) is 11.4 Å². The minimum Gasteiger partial charge on any atom is -0.381 e. The van der Waals surface area contributed by atoms with Crippen molar-refractivity contribution in [1.82, 2.24) is 4.90 Å². The highest BCUT2D eigenvalue weighted by atomic mass is 16.2. The number of fused-ring (bicyclic) bond motifs is 1. The van der Waals surface area contributed by atoms with Crippen LogP contribution in [0.3, 0.4) is 0 Å². The standard InChI is InChI=1S/C16H25N3O/c1-11(2)10-19(12(3)4)16(20)15-9-17-13-7-5-6-8-14(13)18-15/h5-8,11-12,15,17-18H,9-10H2,1-4H3. The Bertz CT molecular complexity index is 471. The largest absolute Gasteiger partial charge is 0.381 e. The second-order valence-corrected chi connectivity index (χ2v) is 6.10. The number of para-hydroxylation sites is 2. The number of rotatable bonds is 4. The third kappa shape index (κ3) is 3.24. The van der Waals surface area contributed by atoms with Crippen molar-refractivity contribution in [2.75, 3.05) is 23.7 Å². The summed E-state index contributed by atoms with van der Waals surface area (Å²) in [5.41, 5.74) is 2.07. The van der Waals surface area contributed by atoms with Gasteiger partial charge in [0.2, 0.25) is 5.91 Å². The highest BCUT2D eigenvalue weighted by Crippen LogP contribution is 2.26. The van der Waals surface area contributed by atoms with E-state index >= 15 is 0 Å². The van der Waals surface area contributed by atoms with Crippen molar-refractivity contribution in [3.63, 3.8) is 0 Å². The number of amides is 1. The Morgan fingerprint density at radius 2 is 1.90 bits per heavy atom. The van der Waals surface area contributed by atoms with Crippen LogP contribution in [0.5, 0.6) is 0 Å². The first-order chi connectivity index (χ1) is 9.49. The minimum atomic E-state index is -0.189. The van der Waals surface area contributed by atoms with Gasteiger partial charge in [0, 0.05) is 19.1 Å². The molecule has 0 saturated carbocycles. The third-order valence-corrected chi connectivity index (χ3v) is 3.52. The lowest BCUT2D eigenvalue weighted by molar-refractivity contribution is -0.134. The predicted octanol–water partition coefficient (Wildman–Crippen LogP) is 2.79. The van der Waals surface area contributed by atoms with Crippen LogP contribution in [0.1, 0.15) is 27.7 Å². The summed E-state index contributed by atoms with van der Waals surface area (Å²) in [6.07, 6.45) is 0. The molecule has 1 aromatic carbocycles. The summed E-state index contributed by atoms with van der Waals surface area (Å²) in [4.78, 5) is 14.7. The van der Waals surface area contributed by atoms with Crippen LogP contribution < -0.4 is 10.6 Å². The zero-order valence-electron chi connectivity index (χ0n) is 12.8. The second kappa shape index (κ2) is 6.16. The fourth-order valence-corrected chi connectivity index (χ4v) is 2.51. The summed E-state index contributed by atoms with van der Waals surface area (Å²) in [6.45, 7) is 9.87. The van der Waals surface area contributed by atoms with Gasteiger partial charge < -0.3 is 15.5 Å². The molecule has 1 aliphatic heterocycles. The fraction of sp³-hybridized carbons (Fsp3) is 0.562. The SMILES string of the molecule is CC(C)CN(C(=O)C1CNc2ccccc2N1)C(C)C. The molecule has 1 atom stereocenters. The lowest BCUT2D eigenvalue weighted by Crippen LogP contribution is -2.51. The molecule has 0 spiro atoms. The van der Waals surface area contributed by atoms with E-state index in [0.717, 1.165) is 17.9 Å². The number of hydrogen-bond donors (Lipinski definition) is 2. The van der Waals surface area contributed by atoms with E-state index in [-0.39, 0.29) is 18.0 Å². The van der Waals surface area contributed by atoms with Gasteiger partial charge in [0.15, 0.2) is 0 Å². The number of carbonyl (C=O) groups excluding carboxylic acids is 1. The van der Waals surface area contributed by atoms with Crippen molar-refractivity contribution in [1.29, 1.82) is 0 Å². The van der Waals surface area contributed by atoms with Crippen LogP contribution in [-0.4, -0.2) is 36.0 Å². The first-order valence-corrected chi connectivity index (χ1v) is 7.39. The van der Waals surface area contributed by atoms with Gasteiger partial charge in [0.1, 0.15) is 6.04 Å². The molecule has 2 rings (SSSR count). The van der Waals surface area contributed by atoms with Crippen molar-refractivity contribution in [3.8, 4) is 0 Å². The first-order valence-electron chi connectivity index (χ1n) is 7.39. The van der Waals surface area contributed by atoms with Gasteiger partial charge in [-0.15, -0.1) is 0 Å². The average molecular weight is 275 g/mol. The highest BCUT2D eigenvalue weighted by molar-refractivity contribution is 5.88. The monoisotopic (exact) mass is 275 g/mol. The number of anilines is 2. The molecule has 1 amide bonds. The third-order valence-electron chi connectivity index (χ3n) is 3.52. The zero-order valence-corrected chi connectivity index (χ0v) is 12.8. The molecular weight excluding hydrogens is 250 g/mol. The van der Waals surface area contributed by atoms with E-state index < -0.39 is 0 Å². The predicted molar refractivity (Wildman–Crippen MR) is 84.0 cm³/mol. The molecule has 20 heavy (non-hydrogen) atoms. The lowest BCUT2D eigenvalue weighted by Gasteiger charge is -2.35. The Morgan fingerprint density at radius 3 is 2.50 bits per heavy atom. The number of nitrogens with zero attached hydrogens (tertiary/aromatic N) is 1. The molecule has 0 saturated heterocycles. The van der Waals surface area contributed by atoms with Crippen molar-refractivity contribution in [3.05, 3.63) is 24.3 Å². The minimum absolute atomic E-state index is 0.177. The molecule has 1 aliphatic rings. The molecule has 110 valence electrons. The van der Waals surface area contributed by atoms with Gasteiger partial charge in [-0.3, -0.25) is 4.79 Å². The Balaban J connectivity index is 2.10. The van der Waals surface area contributed by atoms with E-state index in [4.69, 9.17) is 0 Å². The maximum Gasteiger partial charge on any atom is 0.247 e. The lowest BCUT2D eigenvalue weighted by atomic mass is 10.1. The van der Waals surface area contributed by atoms with Gasteiger partial charge in [0.05, 0.1) is 11.4 Å². The van der Waals surface area contributed by atoms with Gasteiger partial charge in [0.25, 0.3) is 0 Å². The van der Waals surface area contributed by atoms with E-state index in [2.05, 4.69) is 38.3 Å². The highest BCUT2D eigenvalue weighted by Gasteiger charge is 2.29. The Labute approximate surface area is 121 Å². The Hall–Kier alpha value is -1.71. The molecule has 1 aromatic rings. The van der Waals surface area contributed by atoms with Gasteiger partial charge >= 0.3 is 0 Å². The maximum absolute atomic E-state index is 12.7. The number of hydrogen-bond acceptors (Lipinski definition) is 3. The van der Waals surface area contributed by atoms with Crippen LogP contribution in [0, 0.1) is 5.92 Å². The molecular formula is C16H25N3O. The summed E-state index contributed by atoms with van der Waals surface area (Å²) < 4.78 is 0. The molecule has 2 N–H and O–H groups in total. The van der Waals surface area contributed by atoms with Crippen LogP contribution in [0.15, 0.2) is 24.3 Å². The summed E-state index contributed by atoms with van der Waals surface area (Å²) in [5, 5.41) is 6.68. The maximum atomic E-state index is 12.7. The number of nitrogens with one attached hydrogen (secondary N) is 2. The van der Waals surface area contributed by atoms with Crippen LogP contribution in [0.2, 0.25) is 0 Å². The molecule has 0 fully saturated rings. The molecule has 0 bridgehead atoms. The van der Waals surface area contributed by atoms with E-state index in [1.165, 1.54) is 0 Å². The van der Waals surface area contributed by atoms with Crippen molar-refractivity contribution in [2.24, 2.45) is 5.92 Å². The quantitative estimate of drug-likeness (QED) is 0.888. The summed E-state index contributed by atoms with van der Waals surface area (Å²) >= 11 is 0. The zero-order chi connectivity index (χ0) is 14.7. The van der Waals surface area contributed by atoms with Crippen molar-refractivity contribution < 1.29 is 4.79 Å². The van der Waals surface area contributed by atoms with Gasteiger partial charge in [-0.25, -0.2) is 0 Å². The van der Waals surface area contributed by atoms with Crippen LogP contribution in [0.25, 0.3) is 0 Å². The topological polar surface area (TPSA) is 44.4 Å². The Kier molecular flexibility index (Phi) is 4.53. The summed E-state index contributed by atoms with van der Waals surface area (Å²) in [7, 11) is 0. The molecule has 0 aliphatic carbocycles. The molecule has 4 nitrogen and oxygen atoms in total. The van der Waals surface area contributed by atoms with Gasteiger partial charge in [-0.2, -0.15) is 0 Å². The van der Waals surface area contributed by atoms with Crippen LogP contribution in [-0.2, 0) is 4.79 Å². The van der Waals surface area contributed by atoms with Crippen molar-refractivity contribution >= 4 is 17.3 Å². The summed E-state index contributed by atoms with van der Waals surface area (Å²) in [6, 6.07) is 8.04. The van der Waals surface area contributed by atoms with E-state index in [0.29, 0.717) is 12.5 Å². The molecule has 1 unspecified atom stereocenters. The first kappa shape index (κ1) is 14.7. The number of benzene rings is 1. The molecule has 0 radical (unpaired) electrons. The van der Waals surface area contributed by atoms with Crippen LogP contribution >= 0.6 is 0 Å². The van der Waals surface area contributed by atoms with Gasteiger partial charge in [-0.05, 0) is 31.9 Å². The fourth-order valence-electron chi connectivity index (χ4n) is 2.51. The second-order valence-electron chi connectivity index (χ2n) is 6.10.